The van der Waals surface area contributed by atoms with Crippen molar-refractivity contribution in [1.29, 1.82) is 0 Å². The van der Waals surface area contributed by atoms with Crippen LogP contribution in [0.25, 0.3) is 0 Å². The number of ether oxygens (including phenoxy) is 1. The third-order valence-corrected chi connectivity index (χ3v) is 6.77. The Morgan fingerprint density at radius 2 is 1.70 bits per heavy atom. The minimum atomic E-state index is -3.53. The number of nitrogens with zero attached hydrogens (tertiary/aromatic N) is 2. The third kappa shape index (κ3) is 5.92. The molecule has 0 bridgehead atoms. The molecule has 1 aliphatic heterocycles. The Morgan fingerprint density at radius 1 is 1.11 bits per heavy atom. The van der Waals surface area contributed by atoms with E-state index in [4.69, 9.17) is 4.74 Å². The largest absolute Gasteiger partial charge is 0.494 e. The Bertz CT molecular complexity index is 711. The zero-order valence-electron chi connectivity index (χ0n) is 16.6. The summed E-state index contributed by atoms with van der Waals surface area (Å²) >= 11 is 0. The highest BCUT2D eigenvalue weighted by Gasteiger charge is 2.29. The maximum Gasteiger partial charge on any atom is 0.243 e. The lowest BCUT2D eigenvalue weighted by atomic mass is 10.1. The molecule has 1 N–H and O–H groups in total. The van der Waals surface area contributed by atoms with Crippen molar-refractivity contribution in [2.24, 2.45) is 5.92 Å². The van der Waals surface area contributed by atoms with Gasteiger partial charge >= 0.3 is 0 Å². The molecular formula is C19H31N3O4S. The molecule has 0 aliphatic carbocycles. The highest BCUT2D eigenvalue weighted by atomic mass is 32.2. The number of carbonyl (C=O) groups is 1. The first-order chi connectivity index (χ1) is 12.7. The molecular weight excluding hydrogens is 366 g/mol. The van der Waals surface area contributed by atoms with E-state index in [0.717, 1.165) is 0 Å². The SMILES string of the molecule is CCOc1ccc(S(=O)(=O)N2CCN(CC(=O)N[C@H](C)C(C)C)CC2)cc1. The predicted octanol–water partition coefficient (Wildman–Crippen LogP) is 1.55. The van der Waals surface area contributed by atoms with Crippen LogP contribution >= 0.6 is 0 Å². The van der Waals surface area contributed by atoms with Crippen molar-refractivity contribution in [3.63, 3.8) is 0 Å². The maximum atomic E-state index is 12.8. The number of hydrogen-bond donors (Lipinski definition) is 1. The summed E-state index contributed by atoms with van der Waals surface area (Å²) < 4.78 is 32.4. The molecule has 1 saturated heterocycles. The molecule has 27 heavy (non-hydrogen) atoms. The van der Waals surface area contributed by atoms with Crippen LogP contribution in [0.4, 0.5) is 0 Å². The van der Waals surface area contributed by atoms with E-state index in [2.05, 4.69) is 19.2 Å². The molecule has 1 atom stereocenters. The molecule has 1 aromatic carbocycles. The van der Waals surface area contributed by atoms with E-state index in [9.17, 15) is 13.2 Å². The first-order valence-corrected chi connectivity index (χ1v) is 10.9. The Kier molecular flexibility index (Phi) is 7.64. The van der Waals surface area contributed by atoms with Gasteiger partial charge in [-0.05, 0) is 44.0 Å². The van der Waals surface area contributed by atoms with Crippen molar-refractivity contribution in [2.45, 2.75) is 38.6 Å². The van der Waals surface area contributed by atoms with Crippen molar-refractivity contribution >= 4 is 15.9 Å². The average Bonchev–Trinajstić information content (AvgIpc) is 2.62. The van der Waals surface area contributed by atoms with Crippen molar-refractivity contribution in [1.82, 2.24) is 14.5 Å². The Hall–Kier alpha value is -1.64. The van der Waals surface area contributed by atoms with Crippen LogP contribution in [-0.2, 0) is 14.8 Å². The maximum absolute atomic E-state index is 12.8. The summed E-state index contributed by atoms with van der Waals surface area (Å²) in [4.78, 5) is 14.4. The van der Waals surface area contributed by atoms with Gasteiger partial charge in [-0.3, -0.25) is 9.69 Å². The molecule has 1 amide bonds. The van der Waals surface area contributed by atoms with Crippen molar-refractivity contribution in [3.8, 4) is 5.75 Å². The van der Waals surface area contributed by atoms with Crippen LogP contribution in [0.2, 0.25) is 0 Å². The zero-order valence-corrected chi connectivity index (χ0v) is 17.5. The highest BCUT2D eigenvalue weighted by Crippen LogP contribution is 2.20. The van der Waals surface area contributed by atoms with E-state index < -0.39 is 10.0 Å². The van der Waals surface area contributed by atoms with Crippen LogP contribution in [-0.4, -0.2) is 68.9 Å². The molecule has 1 aliphatic rings. The molecule has 8 heteroatoms. The third-order valence-electron chi connectivity index (χ3n) is 4.86. The molecule has 0 unspecified atom stereocenters. The number of piperazine rings is 1. The highest BCUT2D eigenvalue weighted by molar-refractivity contribution is 7.89. The quantitative estimate of drug-likeness (QED) is 0.720. The first-order valence-electron chi connectivity index (χ1n) is 9.48. The van der Waals surface area contributed by atoms with Gasteiger partial charge in [0.15, 0.2) is 0 Å². The standard InChI is InChI=1S/C19H31N3O4S/c1-5-26-17-6-8-18(9-7-17)27(24,25)22-12-10-21(11-13-22)14-19(23)20-16(4)15(2)3/h6-9,15-16H,5,10-14H2,1-4H3,(H,20,23)/t16-/m1/s1. The number of nitrogens with one attached hydrogen (secondary N) is 1. The summed E-state index contributed by atoms with van der Waals surface area (Å²) in [7, 11) is -3.53. The second-order valence-electron chi connectivity index (χ2n) is 7.18. The molecule has 0 aromatic heterocycles. The number of hydrogen-bond acceptors (Lipinski definition) is 5. The van der Waals surface area contributed by atoms with Gasteiger partial charge in [-0.15, -0.1) is 0 Å². The lowest BCUT2D eigenvalue weighted by Gasteiger charge is -2.33. The van der Waals surface area contributed by atoms with E-state index in [1.807, 2.05) is 18.7 Å². The minimum Gasteiger partial charge on any atom is -0.494 e. The fraction of sp³-hybridized carbons (Fsp3) is 0.632. The van der Waals surface area contributed by atoms with Crippen molar-refractivity contribution in [3.05, 3.63) is 24.3 Å². The Balaban J connectivity index is 1.89. The number of amides is 1. The normalized spacial score (nSPS) is 17.7. The van der Waals surface area contributed by atoms with Gasteiger partial charge in [0.2, 0.25) is 15.9 Å². The van der Waals surface area contributed by atoms with Gasteiger partial charge < -0.3 is 10.1 Å². The number of carbonyl (C=O) groups excluding carboxylic acids is 1. The Morgan fingerprint density at radius 3 is 2.22 bits per heavy atom. The van der Waals surface area contributed by atoms with Crippen LogP contribution < -0.4 is 10.1 Å². The van der Waals surface area contributed by atoms with Crippen molar-refractivity contribution in [2.75, 3.05) is 39.3 Å². The Labute approximate surface area is 162 Å². The molecule has 7 nitrogen and oxygen atoms in total. The fourth-order valence-corrected chi connectivity index (χ4v) is 4.24. The van der Waals surface area contributed by atoms with E-state index in [1.54, 1.807) is 24.3 Å². The molecule has 152 valence electrons. The monoisotopic (exact) mass is 397 g/mol. The summed E-state index contributed by atoms with van der Waals surface area (Å²) in [5.74, 6) is 1.02. The number of rotatable bonds is 8. The predicted molar refractivity (Wildman–Crippen MR) is 105 cm³/mol. The lowest BCUT2D eigenvalue weighted by Crippen LogP contribution is -2.51. The molecule has 0 radical (unpaired) electrons. The summed E-state index contributed by atoms with van der Waals surface area (Å²) in [6.45, 7) is 10.7. The van der Waals surface area contributed by atoms with E-state index in [1.165, 1.54) is 4.31 Å². The smallest absolute Gasteiger partial charge is 0.243 e. The van der Waals surface area contributed by atoms with Gasteiger partial charge in [0.05, 0.1) is 18.0 Å². The zero-order chi connectivity index (χ0) is 20.0. The van der Waals surface area contributed by atoms with Crippen LogP contribution in [0.1, 0.15) is 27.7 Å². The average molecular weight is 398 g/mol. The molecule has 2 rings (SSSR count). The van der Waals surface area contributed by atoms with E-state index in [-0.39, 0.29) is 16.8 Å². The topological polar surface area (TPSA) is 79.0 Å². The van der Waals surface area contributed by atoms with Crippen LogP contribution in [0, 0.1) is 5.92 Å². The summed E-state index contributed by atoms with van der Waals surface area (Å²) in [6, 6.07) is 6.62. The van der Waals surface area contributed by atoms with E-state index in [0.29, 0.717) is 51.0 Å². The van der Waals surface area contributed by atoms with Gasteiger partial charge in [-0.1, -0.05) is 13.8 Å². The molecule has 0 saturated carbocycles. The van der Waals surface area contributed by atoms with Gasteiger partial charge in [0.1, 0.15) is 5.75 Å². The fourth-order valence-electron chi connectivity index (χ4n) is 2.82. The van der Waals surface area contributed by atoms with E-state index >= 15 is 0 Å². The lowest BCUT2D eigenvalue weighted by molar-refractivity contribution is -0.123. The molecule has 0 spiro atoms. The van der Waals surface area contributed by atoms with Gasteiger partial charge in [-0.25, -0.2) is 8.42 Å². The van der Waals surface area contributed by atoms with Crippen LogP contribution in [0.5, 0.6) is 5.75 Å². The number of sulfonamides is 1. The molecule has 1 heterocycles. The first kappa shape index (κ1) is 21.7. The second-order valence-corrected chi connectivity index (χ2v) is 9.12. The summed E-state index contributed by atoms with van der Waals surface area (Å²) in [5, 5.41) is 2.99. The number of benzene rings is 1. The molecule has 1 aromatic rings. The van der Waals surface area contributed by atoms with Crippen LogP contribution in [0.15, 0.2) is 29.2 Å². The van der Waals surface area contributed by atoms with Crippen molar-refractivity contribution < 1.29 is 17.9 Å². The van der Waals surface area contributed by atoms with Gasteiger partial charge in [0.25, 0.3) is 0 Å². The minimum absolute atomic E-state index is 0.0148. The molecule has 1 fully saturated rings. The van der Waals surface area contributed by atoms with Crippen LogP contribution in [0.3, 0.4) is 0 Å². The van der Waals surface area contributed by atoms with Gasteiger partial charge in [0, 0.05) is 32.2 Å². The summed E-state index contributed by atoms with van der Waals surface area (Å²) in [6.07, 6.45) is 0. The summed E-state index contributed by atoms with van der Waals surface area (Å²) in [5.41, 5.74) is 0. The van der Waals surface area contributed by atoms with Gasteiger partial charge in [-0.2, -0.15) is 4.31 Å². The second kappa shape index (κ2) is 9.52.